The van der Waals surface area contributed by atoms with Crippen molar-refractivity contribution in [3.63, 3.8) is 0 Å². The molecule has 0 unspecified atom stereocenters. The first-order valence-electron chi connectivity index (χ1n) is 7.13. The Morgan fingerprint density at radius 2 is 1.30 bits per heavy atom. The maximum Gasteiger partial charge on any atom is 0.0858 e. The van der Waals surface area contributed by atoms with Crippen LogP contribution in [-0.2, 0) is 18.9 Å². The number of aliphatic hydroxyl groups is 2. The van der Waals surface area contributed by atoms with Crippen LogP contribution in [0.2, 0.25) is 0 Å². The van der Waals surface area contributed by atoms with Gasteiger partial charge in [-0.25, -0.2) is 0 Å². The summed E-state index contributed by atoms with van der Waals surface area (Å²) in [6, 6.07) is 0. The summed E-state index contributed by atoms with van der Waals surface area (Å²) in [6.07, 6.45) is 0. The molecule has 0 radical (unpaired) electrons. The van der Waals surface area contributed by atoms with Crippen LogP contribution < -0.4 is 0 Å². The van der Waals surface area contributed by atoms with E-state index in [2.05, 4.69) is 4.74 Å². The van der Waals surface area contributed by atoms with Gasteiger partial charge in [0.15, 0.2) is 0 Å². The van der Waals surface area contributed by atoms with Crippen LogP contribution in [0, 0.1) is 0 Å². The molecule has 2 N–H and O–H groups in total. The summed E-state index contributed by atoms with van der Waals surface area (Å²) >= 11 is 0. The average Bonchev–Trinajstić information content (AvgIpc) is 2.40. The Morgan fingerprint density at radius 1 is 0.750 bits per heavy atom. The predicted molar refractivity (Wildman–Crippen MR) is 78.0 cm³/mol. The summed E-state index contributed by atoms with van der Waals surface area (Å²) in [5.74, 6) is 0. The quantitative estimate of drug-likeness (QED) is 0.520. The Morgan fingerprint density at radius 3 is 1.75 bits per heavy atom. The van der Waals surface area contributed by atoms with E-state index in [9.17, 15) is 0 Å². The highest BCUT2D eigenvalue weighted by Gasteiger charge is 2.17. The van der Waals surface area contributed by atoms with E-state index < -0.39 is 0 Å². The summed E-state index contributed by atoms with van der Waals surface area (Å²) in [5, 5.41) is 16.2. The maximum atomic E-state index is 8.09. The van der Waals surface area contributed by atoms with Crippen LogP contribution in [0.3, 0.4) is 0 Å². The highest BCUT2D eigenvalue weighted by Crippen LogP contribution is 2.08. The van der Waals surface area contributed by atoms with Gasteiger partial charge in [-0.1, -0.05) is 0 Å². The fourth-order valence-corrected chi connectivity index (χ4v) is 1.24. The van der Waals surface area contributed by atoms with Crippen molar-refractivity contribution >= 4 is 0 Å². The molecule has 0 aromatic heterocycles. The molecule has 0 fully saturated rings. The van der Waals surface area contributed by atoms with Crippen molar-refractivity contribution in [2.24, 2.45) is 0 Å². The molecule has 6 heteroatoms. The third-order valence-electron chi connectivity index (χ3n) is 2.03. The summed E-state index contributed by atoms with van der Waals surface area (Å²) in [6.45, 7) is 12.1. The van der Waals surface area contributed by atoms with E-state index in [-0.39, 0.29) is 18.8 Å². The van der Waals surface area contributed by atoms with Crippen LogP contribution in [0.5, 0.6) is 0 Å². The molecule has 0 bridgehead atoms. The fraction of sp³-hybridized carbons (Fsp3) is 1.00. The molecule has 0 heterocycles. The number of hydrogen-bond acceptors (Lipinski definition) is 6. The summed E-state index contributed by atoms with van der Waals surface area (Å²) in [4.78, 5) is 0. The standard InChI is InChI=1S/C10H22O3.C4H10O3/c1-5-11-7-8-12-9-10(3,4)13-6-2;5-1-3-7-4-2-6/h5-9H2,1-4H3;5-6H,1-4H2. The highest BCUT2D eigenvalue weighted by molar-refractivity contribution is 4.66. The lowest BCUT2D eigenvalue weighted by atomic mass is 10.1. The van der Waals surface area contributed by atoms with E-state index in [1.54, 1.807) is 0 Å². The summed E-state index contributed by atoms with van der Waals surface area (Å²) in [7, 11) is 0. The molecule has 0 aliphatic carbocycles. The molecular formula is C14H32O6. The van der Waals surface area contributed by atoms with E-state index in [1.165, 1.54) is 0 Å². The van der Waals surface area contributed by atoms with Crippen molar-refractivity contribution in [3.8, 4) is 0 Å². The SMILES string of the molecule is CCOCCOCC(C)(C)OCC.OCCOCCO. The molecule has 0 aromatic rings. The van der Waals surface area contributed by atoms with Gasteiger partial charge < -0.3 is 29.2 Å². The van der Waals surface area contributed by atoms with Crippen LogP contribution in [0.4, 0.5) is 0 Å². The van der Waals surface area contributed by atoms with E-state index in [0.29, 0.717) is 33.0 Å². The molecule has 0 aromatic carbocycles. The largest absolute Gasteiger partial charge is 0.394 e. The minimum absolute atomic E-state index is 0.0278. The third-order valence-corrected chi connectivity index (χ3v) is 2.03. The third kappa shape index (κ3) is 20.1. The second kappa shape index (κ2) is 16.8. The molecule has 124 valence electrons. The topological polar surface area (TPSA) is 77.4 Å². The molecule has 0 amide bonds. The number of aliphatic hydroxyl groups excluding tert-OH is 2. The Labute approximate surface area is 123 Å². The van der Waals surface area contributed by atoms with Crippen molar-refractivity contribution < 1.29 is 29.2 Å². The highest BCUT2D eigenvalue weighted by atomic mass is 16.6. The lowest BCUT2D eigenvalue weighted by molar-refractivity contribution is -0.0777. The van der Waals surface area contributed by atoms with Gasteiger partial charge in [-0.2, -0.15) is 0 Å². The molecule has 0 saturated carbocycles. The zero-order valence-corrected chi connectivity index (χ0v) is 13.4. The number of ether oxygens (including phenoxy) is 4. The zero-order valence-electron chi connectivity index (χ0n) is 13.4. The first-order valence-corrected chi connectivity index (χ1v) is 7.13. The zero-order chi connectivity index (χ0) is 15.7. The van der Waals surface area contributed by atoms with Crippen LogP contribution in [0.15, 0.2) is 0 Å². The molecule has 0 aliphatic rings. The monoisotopic (exact) mass is 296 g/mol. The van der Waals surface area contributed by atoms with Crippen LogP contribution in [0.25, 0.3) is 0 Å². The molecule has 0 saturated heterocycles. The lowest BCUT2D eigenvalue weighted by Gasteiger charge is -2.24. The minimum atomic E-state index is -0.180. The molecule has 0 aliphatic heterocycles. The van der Waals surface area contributed by atoms with Crippen LogP contribution in [-0.4, -0.2) is 75.3 Å². The first-order chi connectivity index (χ1) is 9.54. The van der Waals surface area contributed by atoms with E-state index in [1.807, 2.05) is 27.7 Å². The predicted octanol–water partition coefficient (Wildman–Crippen LogP) is 0.842. The van der Waals surface area contributed by atoms with Gasteiger partial charge in [0.25, 0.3) is 0 Å². The maximum absolute atomic E-state index is 8.09. The molecule has 0 rings (SSSR count). The second-order valence-corrected chi connectivity index (χ2v) is 4.50. The first kappa shape index (κ1) is 22.0. The molecule has 6 nitrogen and oxygen atoms in total. The number of hydrogen-bond donors (Lipinski definition) is 2. The van der Waals surface area contributed by atoms with Crippen molar-refractivity contribution in [1.29, 1.82) is 0 Å². The van der Waals surface area contributed by atoms with Crippen LogP contribution in [0.1, 0.15) is 27.7 Å². The molecular weight excluding hydrogens is 264 g/mol. The van der Waals surface area contributed by atoms with Gasteiger partial charge in [-0.15, -0.1) is 0 Å². The normalized spacial score (nSPS) is 11.1. The van der Waals surface area contributed by atoms with Gasteiger partial charge in [0, 0.05) is 13.2 Å². The van der Waals surface area contributed by atoms with Gasteiger partial charge in [0.2, 0.25) is 0 Å². The Hall–Kier alpha value is -0.240. The smallest absolute Gasteiger partial charge is 0.0858 e. The van der Waals surface area contributed by atoms with Crippen molar-refractivity contribution in [1.82, 2.24) is 0 Å². The van der Waals surface area contributed by atoms with E-state index >= 15 is 0 Å². The Balaban J connectivity index is 0. The average molecular weight is 296 g/mol. The van der Waals surface area contributed by atoms with Gasteiger partial charge in [-0.3, -0.25) is 0 Å². The van der Waals surface area contributed by atoms with E-state index in [0.717, 1.165) is 13.2 Å². The summed E-state index contributed by atoms with van der Waals surface area (Å²) in [5.41, 5.74) is -0.180. The molecule has 0 spiro atoms. The van der Waals surface area contributed by atoms with Crippen molar-refractivity contribution in [2.75, 3.05) is 59.5 Å². The second-order valence-electron chi connectivity index (χ2n) is 4.50. The van der Waals surface area contributed by atoms with Gasteiger partial charge in [0.05, 0.1) is 51.8 Å². The summed E-state index contributed by atoms with van der Waals surface area (Å²) < 4.78 is 20.6. The van der Waals surface area contributed by atoms with Crippen molar-refractivity contribution in [2.45, 2.75) is 33.3 Å². The van der Waals surface area contributed by atoms with Gasteiger partial charge in [0.1, 0.15) is 0 Å². The van der Waals surface area contributed by atoms with Crippen molar-refractivity contribution in [3.05, 3.63) is 0 Å². The Kier molecular flexibility index (Phi) is 18.5. The Bertz CT molecular complexity index is 171. The van der Waals surface area contributed by atoms with Gasteiger partial charge in [-0.05, 0) is 27.7 Å². The van der Waals surface area contributed by atoms with Gasteiger partial charge >= 0.3 is 0 Å². The molecule has 0 atom stereocenters. The van der Waals surface area contributed by atoms with Crippen LogP contribution >= 0.6 is 0 Å². The minimum Gasteiger partial charge on any atom is -0.394 e. The molecule has 20 heavy (non-hydrogen) atoms. The van der Waals surface area contributed by atoms with E-state index in [4.69, 9.17) is 24.4 Å². The lowest BCUT2D eigenvalue weighted by Crippen LogP contribution is -2.31. The number of rotatable bonds is 12. The fourth-order valence-electron chi connectivity index (χ4n) is 1.24.